The van der Waals surface area contributed by atoms with Gasteiger partial charge in [-0.05, 0) is 62.1 Å². The van der Waals surface area contributed by atoms with Gasteiger partial charge in [-0.15, -0.1) is 0 Å². The number of anilines is 1. The van der Waals surface area contributed by atoms with Gasteiger partial charge in [0.1, 0.15) is 0 Å². The van der Waals surface area contributed by atoms with Crippen LogP contribution in [0.3, 0.4) is 0 Å². The number of hydrogen-bond donors (Lipinski definition) is 1. The van der Waals surface area contributed by atoms with Gasteiger partial charge in [0, 0.05) is 24.4 Å². The average molecular weight is 447 g/mol. The molecule has 1 N–H and O–H groups in total. The predicted molar refractivity (Wildman–Crippen MR) is 126 cm³/mol. The second kappa shape index (κ2) is 10.4. The van der Waals surface area contributed by atoms with Gasteiger partial charge in [0.2, 0.25) is 10.0 Å². The quantitative estimate of drug-likeness (QED) is 0.615. The van der Waals surface area contributed by atoms with Crippen LogP contribution in [0.2, 0.25) is 0 Å². The van der Waals surface area contributed by atoms with E-state index in [1.54, 1.807) is 12.1 Å². The molecule has 3 rings (SSSR count). The molecule has 2 aromatic carbocycles. The van der Waals surface area contributed by atoms with Gasteiger partial charge in [-0.25, -0.2) is 8.42 Å². The SMILES string of the molecule is Cc1cccc(CSCCCNC(=O)c2ccc(C)c(N3CCCCS3(=O)=O)c2)c1. The first kappa shape index (κ1) is 22.7. The molecule has 0 radical (unpaired) electrons. The first-order valence-corrected chi connectivity index (χ1v) is 13.2. The number of aryl methyl sites for hydroxylation is 2. The van der Waals surface area contributed by atoms with E-state index in [9.17, 15) is 13.2 Å². The Bertz CT molecular complexity index is 990. The molecular formula is C23H30N2O3S2. The summed E-state index contributed by atoms with van der Waals surface area (Å²) in [5.41, 5.74) is 4.59. The van der Waals surface area contributed by atoms with Crippen LogP contribution in [0.4, 0.5) is 5.69 Å². The highest BCUT2D eigenvalue weighted by Crippen LogP contribution is 2.28. The number of carbonyl (C=O) groups is 1. The van der Waals surface area contributed by atoms with Crippen LogP contribution in [-0.4, -0.2) is 38.9 Å². The van der Waals surface area contributed by atoms with Crippen molar-refractivity contribution in [1.29, 1.82) is 0 Å². The maximum atomic E-state index is 12.6. The van der Waals surface area contributed by atoms with E-state index < -0.39 is 10.0 Å². The van der Waals surface area contributed by atoms with Crippen LogP contribution in [0.15, 0.2) is 42.5 Å². The minimum Gasteiger partial charge on any atom is -0.352 e. The Balaban J connectivity index is 1.49. The Morgan fingerprint density at radius 2 is 1.97 bits per heavy atom. The van der Waals surface area contributed by atoms with Crippen molar-refractivity contribution in [2.75, 3.05) is 28.9 Å². The monoisotopic (exact) mass is 446 g/mol. The topological polar surface area (TPSA) is 66.5 Å². The van der Waals surface area contributed by atoms with Gasteiger partial charge in [-0.1, -0.05) is 35.9 Å². The lowest BCUT2D eigenvalue weighted by molar-refractivity contribution is 0.0954. The maximum absolute atomic E-state index is 12.6. The second-order valence-electron chi connectivity index (χ2n) is 7.75. The molecule has 0 aromatic heterocycles. The van der Waals surface area contributed by atoms with Crippen LogP contribution in [0.1, 0.15) is 46.3 Å². The number of hydrogen-bond acceptors (Lipinski definition) is 4. The molecule has 1 heterocycles. The van der Waals surface area contributed by atoms with Gasteiger partial charge in [-0.2, -0.15) is 11.8 Å². The van der Waals surface area contributed by atoms with E-state index in [1.165, 1.54) is 15.4 Å². The number of rotatable bonds is 8. The van der Waals surface area contributed by atoms with Crippen molar-refractivity contribution in [3.8, 4) is 0 Å². The standard InChI is InChI=1S/C23H30N2O3S2/c1-18-7-5-8-20(15-18)17-29-13-6-11-24-23(26)21-10-9-19(2)22(16-21)25-12-3-4-14-30(25,27)28/h5,7-10,15-16H,3-4,6,11-14,17H2,1-2H3,(H,24,26). The third-order valence-electron chi connectivity index (χ3n) is 5.19. The number of nitrogens with zero attached hydrogens (tertiary/aromatic N) is 1. The van der Waals surface area contributed by atoms with Crippen molar-refractivity contribution in [3.63, 3.8) is 0 Å². The van der Waals surface area contributed by atoms with Crippen LogP contribution < -0.4 is 9.62 Å². The van der Waals surface area contributed by atoms with E-state index >= 15 is 0 Å². The van der Waals surface area contributed by atoms with Crippen molar-refractivity contribution < 1.29 is 13.2 Å². The largest absolute Gasteiger partial charge is 0.352 e. The molecule has 2 aromatic rings. The molecule has 1 aliphatic rings. The van der Waals surface area contributed by atoms with Crippen molar-refractivity contribution >= 4 is 33.4 Å². The van der Waals surface area contributed by atoms with Crippen LogP contribution in [-0.2, 0) is 15.8 Å². The lowest BCUT2D eigenvalue weighted by atomic mass is 10.1. The molecule has 1 fully saturated rings. The molecule has 0 bridgehead atoms. The number of benzene rings is 2. The Kier molecular flexibility index (Phi) is 7.83. The van der Waals surface area contributed by atoms with Gasteiger partial charge in [0.15, 0.2) is 0 Å². The second-order valence-corrected chi connectivity index (χ2v) is 10.9. The van der Waals surface area contributed by atoms with E-state index in [-0.39, 0.29) is 11.7 Å². The normalized spacial score (nSPS) is 15.7. The molecular weight excluding hydrogens is 416 g/mol. The van der Waals surface area contributed by atoms with E-state index in [4.69, 9.17) is 0 Å². The molecule has 0 saturated carbocycles. The van der Waals surface area contributed by atoms with Crippen LogP contribution in [0.5, 0.6) is 0 Å². The molecule has 0 spiro atoms. The zero-order valence-corrected chi connectivity index (χ0v) is 19.3. The van der Waals surface area contributed by atoms with Crippen LogP contribution in [0.25, 0.3) is 0 Å². The Labute approximate surface area is 184 Å². The highest BCUT2D eigenvalue weighted by Gasteiger charge is 2.27. The summed E-state index contributed by atoms with van der Waals surface area (Å²) in [6, 6.07) is 13.8. The summed E-state index contributed by atoms with van der Waals surface area (Å²) in [7, 11) is -3.30. The fourth-order valence-electron chi connectivity index (χ4n) is 3.55. The van der Waals surface area contributed by atoms with Crippen LogP contribution >= 0.6 is 11.8 Å². The summed E-state index contributed by atoms with van der Waals surface area (Å²) >= 11 is 1.86. The summed E-state index contributed by atoms with van der Waals surface area (Å²) in [5.74, 6) is 1.96. The molecule has 7 heteroatoms. The zero-order chi connectivity index (χ0) is 21.6. The summed E-state index contributed by atoms with van der Waals surface area (Å²) in [6.07, 6.45) is 2.43. The Morgan fingerprint density at radius 3 is 2.73 bits per heavy atom. The van der Waals surface area contributed by atoms with Gasteiger partial charge >= 0.3 is 0 Å². The minimum absolute atomic E-state index is 0.158. The van der Waals surface area contributed by atoms with Crippen molar-refractivity contribution in [2.24, 2.45) is 0 Å². The summed E-state index contributed by atoms with van der Waals surface area (Å²) in [5, 5.41) is 2.96. The van der Waals surface area contributed by atoms with Gasteiger partial charge < -0.3 is 5.32 Å². The highest BCUT2D eigenvalue weighted by atomic mass is 32.2. The van der Waals surface area contributed by atoms with E-state index in [1.807, 2.05) is 24.8 Å². The Morgan fingerprint density at radius 1 is 1.13 bits per heavy atom. The van der Waals surface area contributed by atoms with E-state index in [2.05, 4.69) is 36.5 Å². The summed E-state index contributed by atoms with van der Waals surface area (Å²) in [6.45, 7) is 5.06. The summed E-state index contributed by atoms with van der Waals surface area (Å²) < 4.78 is 26.3. The predicted octanol–water partition coefficient (Wildman–Crippen LogP) is 4.29. The lowest BCUT2D eigenvalue weighted by Crippen LogP contribution is -2.38. The molecule has 30 heavy (non-hydrogen) atoms. The van der Waals surface area contributed by atoms with E-state index in [0.717, 1.165) is 29.9 Å². The molecule has 0 atom stereocenters. The zero-order valence-electron chi connectivity index (χ0n) is 17.7. The third-order valence-corrected chi connectivity index (χ3v) is 8.16. The summed E-state index contributed by atoms with van der Waals surface area (Å²) in [4.78, 5) is 12.6. The third kappa shape index (κ3) is 6.01. The molecule has 0 aliphatic carbocycles. The average Bonchev–Trinajstić information content (AvgIpc) is 2.71. The molecule has 1 saturated heterocycles. The first-order chi connectivity index (χ1) is 14.4. The molecule has 5 nitrogen and oxygen atoms in total. The molecule has 1 amide bonds. The number of nitrogens with one attached hydrogen (secondary N) is 1. The number of amides is 1. The number of thioether (sulfide) groups is 1. The Hall–Kier alpha value is -1.99. The molecule has 1 aliphatic heterocycles. The van der Waals surface area contributed by atoms with Crippen molar-refractivity contribution in [1.82, 2.24) is 5.32 Å². The molecule has 0 unspecified atom stereocenters. The molecule has 162 valence electrons. The van der Waals surface area contributed by atoms with Gasteiger partial charge in [0.25, 0.3) is 5.91 Å². The lowest BCUT2D eigenvalue weighted by Gasteiger charge is -2.29. The van der Waals surface area contributed by atoms with E-state index in [0.29, 0.717) is 30.8 Å². The smallest absolute Gasteiger partial charge is 0.251 e. The number of sulfonamides is 1. The fourth-order valence-corrected chi connectivity index (χ4v) is 6.15. The number of carbonyl (C=O) groups excluding carboxylic acids is 1. The van der Waals surface area contributed by atoms with Gasteiger partial charge in [-0.3, -0.25) is 9.10 Å². The van der Waals surface area contributed by atoms with Gasteiger partial charge in [0.05, 0.1) is 11.4 Å². The van der Waals surface area contributed by atoms with Crippen molar-refractivity contribution in [3.05, 3.63) is 64.7 Å². The minimum atomic E-state index is -3.30. The first-order valence-electron chi connectivity index (χ1n) is 10.4. The van der Waals surface area contributed by atoms with Crippen LogP contribution in [0, 0.1) is 13.8 Å². The fraction of sp³-hybridized carbons (Fsp3) is 0.435. The maximum Gasteiger partial charge on any atom is 0.251 e. The highest BCUT2D eigenvalue weighted by molar-refractivity contribution is 7.98. The van der Waals surface area contributed by atoms with Crippen molar-refractivity contribution in [2.45, 2.75) is 38.9 Å².